The lowest BCUT2D eigenvalue weighted by molar-refractivity contribution is -0.135. The van der Waals surface area contributed by atoms with Gasteiger partial charge in [0, 0.05) is 11.9 Å². The maximum absolute atomic E-state index is 11.9. The van der Waals surface area contributed by atoms with E-state index < -0.39 is 11.9 Å². The minimum Gasteiger partial charge on any atom is -0.480 e. The van der Waals surface area contributed by atoms with Crippen molar-refractivity contribution in [2.75, 3.05) is 11.9 Å². The van der Waals surface area contributed by atoms with E-state index in [0.29, 0.717) is 5.69 Å². The van der Waals surface area contributed by atoms with Crippen LogP contribution in [0.1, 0.15) is 25.3 Å². The van der Waals surface area contributed by atoms with Crippen LogP contribution in [0.3, 0.4) is 0 Å². The van der Waals surface area contributed by atoms with Gasteiger partial charge in [-0.2, -0.15) is 5.26 Å². The molecular formula is C16H19N3O3. The molecule has 0 aliphatic rings. The summed E-state index contributed by atoms with van der Waals surface area (Å²) >= 11 is 0. The molecule has 22 heavy (non-hydrogen) atoms. The van der Waals surface area contributed by atoms with Crippen molar-refractivity contribution < 1.29 is 14.7 Å². The standard InChI is InChI=1S/C16H19N3O3/c1-2-3-4-12-5-7-14(8-6-12)19-16(22)13(9-17)10-18-11-15(20)21/h5-8,10,18H,2-4,11H2,1H3,(H,19,22)(H,20,21)/b13-10-. The number of carbonyl (C=O) groups excluding carboxylic acids is 1. The van der Waals surface area contributed by atoms with Gasteiger partial charge in [-0.05, 0) is 30.5 Å². The van der Waals surface area contributed by atoms with Crippen LogP contribution < -0.4 is 10.6 Å². The van der Waals surface area contributed by atoms with Crippen LogP contribution in [0.25, 0.3) is 0 Å². The number of hydrogen-bond donors (Lipinski definition) is 3. The van der Waals surface area contributed by atoms with Gasteiger partial charge in [0.25, 0.3) is 5.91 Å². The molecule has 0 bridgehead atoms. The number of rotatable bonds is 8. The van der Waals surface area contributed by atoms with Crippen molar-refractivity contribution in [3.8, 4) is 6.07 Å². The Hall–Kier alpha value is -2.81. The third kappa shape index (κ3) is 6.09. The Balaban J connectivity index is 2.62. The minimum atomic E-state index is -1.07. The molecule has 1 aromatic rings. The fourth-order valence-electron chi connectivity index (χ4n) is 1.72. The molecule has 1 amide bonds. The quantitative estimate of drug-likeness (QED) is 0.504. The van der Waals surface area contributed by atoms with Crippen molar-refractivity contribution in [2.24, 2.45) is 0 Å². The van der Waals surface area contributed by atoms with Crippen molar-refractivity contribution in [3.05, 3.63) is 41.6 Å². The molecule has 0 unspecified atom stereocenters. The summed E-state index contributed by atoms with van der Waals surface area (Å²) in [6, 6.07) is 9.16. The zero-order valence-electron chi connectivity index (χ0n) is 12.4. The molecule has 0 heterocycles. The summed E-state index contributed by atoms with van der Waals surface area (Å²) in [5.41, 5.74) is 1.60. The Bertz CT molecular complexity index is 586. The van der Waals surface area contributed by atoms with Gasteiger partial charge in [0.1, 0.15) is 18.2 Å². The zero-order chi connectivity index (χ0) is 16.4. The van der Waals surface area contributed by atoms with Gasteiger partial charge in [-0.3, -0.25) is 9.59 Å². The van der Waals surface area contributed by atoms with Crippen LogP contribution in [0.4, 0.5) is 5.69 Å². The summed E-state index contributed by atoms with van der Waals surface area (Å²) in [4.78, 5) is 22.2. The molecule has 1 rings (SSSR count). The number of benzene rings is 1. The van der Waals surface area contributed by atoms with E-state index in [1.807, 2.05) is 12.1 Å². The predicted molar refractivity (Wildman–Crippen MR) is 83.0 cm³/mol. The lowest BCUT2D eigenvalue weighted by Gasteiger charge is -2.06. The third-order valence-electron chi connectivity index (χ3n) is 2.90. The van der Waals surface area contributed by atoms with Crippen LogP contribution in [-0.4, -0.2) is 23.5 Å². The maximum Gasteiger partial charge on any atom is 0.322 e. The first-order valence-electron chi connectivity index (χ1n) is 7.02. The second-order valence-corrected chi connectivity index (χ2v) is 4.70. The van der Waals surface area contributed by atoms with Crippen LogP contribution in [0.15, 0.2) is 36.0 Å². The summed E-state index contributed by atoms with van der Waals surface area (Å²) in [6.07, 6.45) is 4.33. The molecule has 3 N–H and O–H groups in total. The van der Waals surface area contributed by atoms with E-state index in [0.717, 1.165) is 25.5 Å². The Morgan fingerprint density at radius 1 is 1.32 bits per heavy atom. The van der Waals surface area contributed by atoms with E-state index in [1.165, 1.54) is 5.56 Å². The monoisotopic (exact) mass is 301 g/mol. The molecule has 0 aliphatic heterocycles. The fourth-order valence-corrected chi connectivity index (χ4v) is 1.72. The molecule has 0 spiro atoms. The molecule has 0 atom stereocenters. The molecule has 0 aromatic heterocycles. The van der Waals surface area contributed by atoms with Crippen molar-refractivity contribution in [1.82, 2.24) is 5.32 Å². The van der Waals surface area contributed by atoms with Gasteiger partial charge >= 0.3 is 5.97 Å². The summed E-state index contributed by atoms with van der Waals surface area (Å²) in [5, 5.41) is 22.4. The molecule has 6 heteroatoms. The molecule has 0 radical (unpaired) electrons. The number of carboxylic acids is 1. The lowest BCUT2D eigenvalue weighted by Crippen LogP contribution is -2.20. The van der Waals surface area contributed by atoms with E-state index in [1.54, 1.807) is 18.2 Å². The number of anilines is 1. The number of amides is 1. The number of carboxylic acid groups (broad SMARTS) is 1. The number of aryl methyl sites for hydroxylation is 1. The van der Waals surface area contributed by atoms with E-state index in [2.05, 4.69) is 17.6 Å². The Kier molecular flexibility index (Phi) is 7.20. The normalized spacial score (nSPS) is 10.6. The highest BCUT2D eigenvalue weighted by molar-refractivity contribution is 6.06. The van der Waals surface area contributed by atoms with E-state index in [9.17, 15) is 9.59 Å². The minimum absolute atomic E-state index is 0.184. The molecule has 0 saturated carbocycles. The van der Waals surface area contributed by atoms with Gasteiger partial charge in [-0.15, -0.1) is 0 Å². The van der Waals surface area contributed by atoms with Crippen LogP contribution in [0.2, 0.25) is 0 Å². The number of nitrogens with zero attached hydrogens (tertiary/aromatic N) is 1. The maximum atomic E-state index is 11.9. The molecule has 116 valence electrons. The average Bonchev–Trinajstić information content (AvgIpc) is 2.50. The average molecular weight is 301 g/mol. The van der Waals surface area contributed by atoms with Crippen molar-refractivity contribution in [3.63, 3.8) is 0 Å². The second-order valence-electron chi connectivity index (χ2n) is 4.70. The van der Waals surface area contributed by atoms with Gasteiger partial charge in [-0.1, -0.05) is 25.5 Å². The van der Waals surface area contributed by atoms with Crippen LogP contribution in [0.5, 0.6) is 0 Å². The number of hydrogen-bond acceptors (Lipinski definition) is 4. The van der Waals surface area contributed by atoms with Crippen molar-refractivity contribution in [1.29, 1.82) is 5.26 Å². The highest BCUT2D eigenvalue weighted by Gasteiger charge is 2.09. The number of nitriles is 1. The largest absolute Gasteiger partial charge is 0.480 e. The highest BCUT2D eigenvalue weighted by Crippen LogP contribution is 2.12. The Labute approximate surface area is 129 Å². The molecule has 0 aliphatic carbocycles. The van der Waals surface area contributed by atoms with Gasteiger partial charge in [0.15, 0.2) is 0 Å². The Morgan fingerprint density at radius 2 is 2.00 bits per heavy atom. The summed E-state index contributed by atoms with van der Waals surface area (Å²) in [7, 11) is 0. The first-order chi connectivity index (χ1) is 10.6. The van der Waals surface area contributed by atoms with Crippen molar-refractivity contribution >= 4 is 17.6 Å². The molecule has 6 nitrogen and oxygen atoms in total. The Morgan fingerprint density at radius 3 is 2.55 bits per heavy atom. The van der Waals surface area contributed by atoms with E-state index in [4.69, 9.17) is 10.4 Å². The van der Waals surface area contributed by atoms with Gasteiger partial charge in [0.2, 0.25) is 0 Å². The molecule has 0 saturated heterocycles. The number of nitrogens with one attached hydrogen (secondary N) is 2. The van der Waals surface area contributed by atoms with E-state index in [-0.39, 0.29) is 12.1 Å². The number of carbonyl (C=O) groups is 2. The third-order valence-corrected chi connectivity index (χ3v) is 2.90. The van der Waals surface area contributed by atoms with Crippen LogP contribution in [-0.2, 0) is 16.0 Å². The number of unbranched alkanes of at least 4 members (excludes halogenated alkanes) is 1. The molecular weight excluding hydrogens is 282 g/mol. The fraction of sp³-hybridized carbons (Fsp3) is 0.312. The smallest absolute Gasteiger partial charge is 0.322 e. The van der Waals surface area contributed by atoms with Crippen LogP contribution >= 0.6 is 0 Å². The summed E-state index contributed by atoms with van der Waals surface area (Å²) in [6.45, 7) is 1.77. The highest BCUT2D eigenvalue weighted by atomic mass is 16.4. The zero-order valence-corrected chi connectivity index (χ0v) is 12.4. The first-order valence-corrected chi connectivity index (χ1v) is 7.02. The first kappa shape index (κ1) is 17.2. The van der Waals surface area contributed by atoms with Gasteiger partial charge in [-0.25, -0.2) is 0 Å². The van der Waals surface area contributed by atoms with E-state index >= 15 is 0 Å². The van der Waals surface area contributed by atoms with Gasteiger partial charge in [0.05, 0.1) is 0 Å². The van der Waals surface area contributed by atoms with Crippen molar-refractivity contribution in [2.45, 2.75) is 26.2 Å². The lowest BCUT2D eigenvalue weighted by atomic mass is 10.1. The predicted octanol–water partition coefficient (Wildman–Crippen LogP) is 2.05. The molecule has 0 fully saturated rings. The summed E-state index contributed by atoms with van der Waals surface area (Å²) < 4.78 is 0. The topological polar surface area (TPSA) is 102 Å². The molecule has 1 aromatic carbocycles. The van der Waals surface area contributed by atoms with Crippen LogP contribution in [0, 0.1) is 11.3 Å². The summed E-state index contributed by atoms with van der Waals surface area (Å²) in [5.74, 6) is -1.65. The number of aliphatic carboxylic acids is 1. The SMILES string of the molecule is CCCCc1ccc(NC(=O)/C(C#N)=C\NCC(=O)O)cc1. The second kappa shape index (κ2) is 9.19. The van der Waals surface area contributed by atoms with Gasteiger partial charge < -0.3 is 15.7 Å².